The zero-order chi connectivity index (χ0) is 17.7. The van der Waals surface area contributed by atoms with Crippen molar-refractivity contribution in [3.8, 4) is 0 Å². The van der Waals surface area contributed by atoms with Crippen molar-refractivity contribution in [2.45, 2.75) is 31.8 Å². The van der Waals surface area contributed by atoms with Gasteiger partial charge in [-0.25, -0.2) is 0 Å². The Morgan fingerprint density at radius 1 is 1.16 bits per heavy atom. The summed E-state index contributed by atoms with van der Waals surface area (Å²) < 4.78 is 0. The van der Waals surface area contributed by atoms with Gasteiger partial charge in [0.1, 0.15) is 6.04 Å². The highest BCUT2D eigenvalue weighted by Crippen LogP contribution is 2.23. The van der Waals surface area contributed by atoms with Crippen LogP contribution >= 0.6 is 24.0 Å². The molecule has 0 radical (unpaired) electrons. The highest BCUT2D eigenvalue weighted by Gasteiger charge is 2.31. The molecule has 4 N–H and O–H groups in total. The van der Waals surface area contributed by atoms with Gasteiger partial charge in [-0.05, 0) is 24.1 Å². The monoisotopic (exact) mass is 388 g/mol. The van der Waals surface area contributed by atoms with Crippen molar-refractivity contribution in [2.24, 2.45) is 11.5 Å². The SMILES string of the molecule is CCCC(N)C(=O)N1CCN(C(C(N)=O)c2ccc(Cl)cc2)CC1.Cl. The topological polar surface area (TPSA) is 92.7 Å². The van der Waals surface area contributed by atoms with Crippen LogP contribution in [0.4, 0.5) is 0 Å². The Labute approximate surface area is 159 Å². The molecule has 8 heteroatoms. The standard InChI is InChI=1S/C17H25ClN4O2.ClH/c1-2-3-14(19)17(24)22-10-8-21(9-11-22)15(16(20)23)12-4-6-13(18)7-5-12;/h4-7,14-15H,2-3,8-11,19H2,1H3,(H2,20,23);1H. The Kier molecular flexibility index (Phi) is 8.65. The molecule has 140 valence electrons. The number of primary amides is 1. The molecule has 2 atom stereocenters. The maximum absolute atomic E-state index is 12.3. The molecule has 1 heterocycles. The van der Waals surface area contributed by atoms with E-state index >= 15 is 0 Å². The zero-order valence-electron chi connectivity index (χ0n) is 14.4. The van der Waals surface area contributed by atoms with Gasteiger partial charge in [0.2, 0.25) is 11.8 Å². The number of halogens is 2. The van der Waals surface area contributed by atoms with E-state index in [1.807, 2.05) is 24.0 Å². The maximum Gasteiger partial charge on any atom is 0.239 e. The van der Waals surface area contributed by atoms with Crippen LogP contribution in [0, 0.1) is 0 Å². The molecule has 2 unspecified atom stereocenters. The molecule has 0 aliphatic carbocycles. The molecular weight excluding hydrogens is 363 g/mol. The number of hydrogen-bond acceptors (Lipinski definition) is 4. The molecule has 6 nitrogen and oxygen atoms in total. The van der Waals surface area contributed by atoms with Crippen molar-refractivity contribution in [3.05, 3.63) is 34.9 Å². The van der Waals surface area contributed by atoms with Crippen LogP contribution in [0.3, 0.4) is 0 Å². The molecule has 1 aliphatic heterocycles. The van der Waals surface area contributed by atoms with Gasteiger partial charge in [0, 0.05) is 31.2 Å². The number of carbonyl (C=O) groups excluding carboxylic acids is 2. The Balaban J connectivity index is 0.00000312. The number of carbonyl (C=O) groups is 2. The average molecular weight is 389 g/mol. The van der Waals surface area contributed by atoms with Gasteiger partial charge in [0.25, 0.3) is 0 Å². The second-order valence-electron chi connectivity index (χ2n) is 6.11. The lowest BCUT2D eigenvalue weighted by molar-refractivity contribution is -0.135. The number of nitrogens with two attached hydrogens (primary N) is 2. The fourth-order valence-corrected chi connectivity index (χ4v) is 3.20. The van der Waals surface area contributed by atoms with Gasteiger partial charge in [0.05, 0.1) is 6.04 Å². The smallest absolute Gasteiger partial charge is 0.239 e. The van der Waals surface area contributed by atoms with Crippen LogP contribution in [-0.4, -0.2) is 53.8 Å². The molecule has 1 saturated heterocycles. The van der Waals surface area contributed by atoms with E-state index in [-0.39, 0.29) is 18.3 Å². The van der Waals surface area contributed by atoms with E-state index in [0.29, 0.717) is 37.6 Å². The van der Waals surface area contributed by atoms with Gasteiger partial charge in [0.15, 0.2) is 0 Å². The summed E-state index contributed by atoms with van der Waals surface area (Å²) >= 11 is 5.91. The lowest BCUT2D eigenvalue weighted by atomic mass is 10.0. The average Bonchev–Trinajstić information content (AvgIpc) is 2.57. The molecule has 0 saturated carbocycles. The molecule has 2 rings (SSSR count). The Hall–Kier alpha value is -1.34. The van der Waals surface area contributed by atoms with Gasteiger partial charge < -0.3 is 16.4 Å². The van der Waals surface area contributed by atoms with Crippen LogP contribution < -0.4 is 11.5 Å². The molecule has 0 spiro atoms. The molecule has 0 aromatic heterocycles. The number of benzene rings is 1. The quantitative estimate of drug-likeness (QED) is 0.772. The van der Waals surface area contributed by atoms with E-state index in [2.05, 4.69) is 0 Å². The van der Waals surface area contributed by atoms with Gasteiger partial charge in [-0.3, -0.25) is 14.5 Å². The summed E-state index contributed by atoms with van der Waals surface area (Å²) in [5.74, 6) is -0.418. The van der Waals surface area contributed by atoms with Gasteiger partial charge in [-0.2, -0.15) is 0 Å². The normalized spacial score (nSPS) is 17.5. The Morgan fingerprint density at radius 3 is 2.20 bits per heavy atom. The highest BCUT2D eigenvalue weighted by atomic mass is 35.5. The first-order valence-electron chi connectivity index (χ1n) is 8.27. The second-order valence-corrected chi connectivity index (χ2v) is 6.55. The van der Waals surface area contributed by atoms with Crippen LogP contribution in [0.5, 0.6) is 0 Å². The summed E-state index contributed by atoms with van der Waals surface area (Å²) in [5.41, 5.74) is 12.3. The minimum Gasteiger partial charge on any atom is -0.368 e. The van der Waals surface area contributed by atoms with Crippen LogP contribution in [0.25, 0.3) is 0 Å². The van der Waals surface area contributed by atoms with Crippen molar-refractivity contribution in [1.82, 2.24) is 9.80 Å². The number of hydrogen-bond donors (Lipinski definition) is 2. The van der Waals surface area contributed by atoms with Crippen LogP contribution in [-0.2, 0) is 9.59 Å². The van der Waals surface area contributed by atoms with Crippen molar-refractivity contribution in [2.75, 3.05) is 26.2 Å². The lowest BCUT2D eigenvalue weighted by Crippen LogP contribution is -2.55. The molecule has 1 aromatic rings. The third-order valence-corrected chi connectivity index (χ3v) is 4.62. The van der Waals surface area contributed by atoms with Crippen molar-refractivity contribution >= 4 is 35.8 Å². The molecular formula is C17H26Cl2N4O2. The van der Waals surface area contributed by atoms with E-state index in [1.54, 1.807) is 17.0 Å². The minimum atomic E-state index is -0.510. The molecule has 1 fully saturated rings. The summed E-state index contributed by atoms with van der Waals surface area (Å²) in [6.45, 7) is 4.28. The third kappa shape index (κ3) is 5.57. The van der Waals surface area contributed by atoms with Crippen molar-refractivity contribution in [3.63, 3.8) is 0 Å². The van der Waals surface area contributed by atoms with Gasteiger partial charge in [-0.1, -0.05) is 37.1 Å². The van der Waals surface area contributed by atoms with E-state index in [4.69, 9.17) is 23.1 Å². The molecule has 25 heavy (non-hydrogen) atoms. The Morgan fingerprint density at radius 2 is 1.72 bits per heavy atom. The lowest BCUT2D eigenvalue weighted by Gasteiger charge is -2.39. The van der Waals surface area contributed by atoms with Crippen LogP contribution in [0.15, 0.2) is 24.3 Å². The second kappa shape index (κ2) is 9.97. The minimum absolute atomic E-state index is 0. The van der Waals surface area contributed by atoms with Crippen LogP contribution in [0.2, 0.25) is 5.02 Å². The predicted octanol–water partition coefficient (Wildman–Crippen LogP) is 1.56. The fraction of sp³-hybridized carbons (Fsp3) is 0.529. The molecule has 1 aromatic carbocycles. The number of amides is 2. The van der Waals surface area contributed by atoms with E-state index in [1.165, 1.54) is 0 Å². The summed E-state index contributed by atoms with van der Waals surface area (Å²) in [6, 6.07) is 6.17. The van der Waals surface area contributed by atoms with Gasteiger partial charge in [-0.15, -0.1) is 12.4 Å². The summed E-state index contributed by atoms with van der Waals surface area (Å²) in [7, 11) is 0. The largest absolute Gasteiger partial charge is 0.368 e. The summed E-state index contributed by atoms with van der Waals surface area (Å²) in [6.07, 6.45) is 1.57. The van der Waals surface area contributed by atoms with Crippen LogP contribution in [0.1, 0.15) is 31.4 Å². The number of rotatable bonds is 6. The molecule has 1 aliphatic rings. The third-order valence-electron chi connectivity index (χ3n) is 4.36. The molecule has 2 amide bonds. The van der Waals surface area contributed by atoms with E-state index < -0.39 is 18.0 Å². The first-order valence-corrected chi connectivity index (χ1v) is 8.65. The van der Waals surface area contributed by atoms with E-state index in [9.17, 15) is 9.59 Å². The first kappa shape index (κ1) is 21.7. The summed E-state index contributed by atoms with van der Waals surface area (Å²) in [4.78, 5) is 28.0. The van der Waals surface area contributed by atoms with Gasteiger partial charge >= 0.3 is 0 Å². The predicted molar refractivity (Wildman–Crippen MR) is 102 cm³/mol. The Bertz CT molecular complexity index is 575. The first-order chi connectivity index (χ1) is 11.4. The van der Waals surface area contributed by atoms with E-state index in [0.717, 1.165) is 12.0 Å². The molecule has 0 bridgehead atoms. The highest BCUT2D eigenvalue weighted by molar-refractivity contribution is 6.30. The fourth-order valence-electron chi connectivity index (χ4n) is 3.07. The van der Waals surface area contributed by atoms with Crippen molar-refractivity contribution in [1.29, 1.82) is 0 Å². The maximum atomic E-state index is 12.3. The number of nitrogens with zero attached hydrogens (tertiary/aromatic N) is 2. The van der Waals surface area contributed by atoms with Crippen molar-refractivity contribution < 1.29 is 9.59 Å². The zero-order valence-corrected chi connectivity index (χ0v) is 15.9. The summed E-state index contributed by atoms with van der Waals surface area (Å²) in [5, 5.41) is 0.613. The number of piperazine rings is 1.